The molecule has 1 aromatic rings. The molecule has 2 N–H and O–H groups in total. The van der Waals surface area contributed by atoms with Crippen molar-refractivity contribution in [1.29, 1.82) is 0 Å². The van der Waals surface area contributed by atoms with Crippen molar-refractivity contribution >= 4 is 35.3 Å². The number of carbonyl (C=O) groups is 2. The van der Waals surface area contributed by atoms with Gasteiger partial charge in [0, 0.05) is 18.2 Å². The van der Waals surface area contributed by atoms with Gasteiger partial charge in [0.05, 0.1) is 12.3 Å². The first-order valence-electron chi connectivity index (χ1n) is 6.57. The highest BCUT2D eigenvalue weighted by Gasteiger charge is 2.49. The Morgan fingerprint density at radius 3 is 3.00 bits per heavy atom. The second kappa shape index (κ2) is 5.93. The van der Waals surface area contributed by atoms with Crippen molar-refractivity contribution in [1.82, 2.24) is 4.98 Å². The zero-order valence-corrected chi connectivity index (χ0v) is 12.3. The van der Waals surface area contributed by atoms with Crippen molar-refractivity contribution in [2.75, 3.05) is 11.8 Å². The summed E-state index contributed by atoms with van der Waals surface area (Å²) >= 11 is 1.30. The van der Waals surface area contributed by atoms with Crippen LogP contribution in [0.15, 0.2) is 5.38 Å². The number of anilines is 1. The lowest BCUT2D eigenvalue weighted by Gasteiger charge is -2.23. The first kappa shape index (κ1) is 15.0. The molecule has 0 amide bonds. The predicted octanol–water partition coefficient (Wildman–Crippen LogP) is 1.22. The fraction of sp³-hybridized carbons (Fsp3) is 0.583. The van der Waals surface area contributed by atoms with Gasteiger partial charge in [-0.15, -0.1) is 11.3 Å². The summed E-state index contributed by atoms with van der Waals surface area (Å²) in [6.45, 7) is 3.60. The molecule has 0 aliphatic heterocycles. The average molecular weight is 296 g/mol. The molecule has 108 valence electrons. The molecule has 1 saturated carbocycles. The van der Waals surface area contributed by atoms with Crippen LogP contribution in [0.25, 0.3) is 0 Å². The Kier molecular flexibility index (Phi) is 4.44. The highest BCUT2D eigenvalue weighted by atomic mass is 32.1. The van der Waals surface area contributed by atoms with Crippen LogP contribution in [0, 0.1) is 0 Å². The van der Waals surface area contributed by atoms with Crippen molar-refractivity contribution < 1.29 is 19.3 Å². The molecular formula is C12H17BN2O4S. The molecule has 0 spiro atoms. The molecule has 0 aromatic carbocycles. The van der Waals surface area contributed by atoms with Gasteiger partial charge in [-0.1, -0.05) is 0 Å². The maximum Gasteiger partial charge on any atom is 0.408 e. The number of thiazole rings is 1. The predicted molar refractivity (Wildman–Crippen MR) is 76.7 cm³/mol. The van der Waals surface area contributed by atoms with Crippen LogP contribution in [0.5, 0.6) is 0 Å². The molecule has 1 aliphatic rings. The van der Waals surface area contributed by atoms with Gasteiger partial charge in [-0.2, -0.15) is 0 Å². The number of rotatable bonds is 5. The maximum absolute atomic E-state index is 12.3. The summed E-state index contributed by atoms with van der Waals surface area (Å²) in [7, 11) is -0.724. The molecule has 0 saturated heterocycles. The van der Waals surface area contributed by atoms with Gasteiger partial charge < -0.3 is 15.0 Å². The standard InChI is InChI=1S/C12H17BN2O4S/c1-3-19-10(17)12(5-4-8(16)6-12)9-7-20-11(14-9)15-13(2)18/h7,18H,3-6H2,1-2H3,(H,14,15). The van der Waals surface area contributed by atoms with E-state index in [-0.39, 0.29) is 24.8 Å². The third-order valence-electron chi connectivity index (χ3n) is 3.32. The van der Waals surface area contributed by atoms with E-state index in [4.69, 9.17) is 4.74 Å². The number of hydrogen-bond donors (Lipinski definition) is 2. The van der Waals surface area contributed by atoms with Crippen LogP contribution in [-0.4, -0.2) is 35.4 Å². The molecule has 1 atom stereocenters. The lowest BCUT2D eigenvalue weighted by molar-refractivity contribution is -0.150. The van der Waals surface area contributed by atoms with Gasteiger partial charge in [-0.05, 0) is 20.2 Å². The lowest BCUT2D eigenvalue weighted by Crippen LogP contribution is -2.35. The Hall–Kier alpha value is -1.41. The number of aromatic nitrogens is 1. The lowest BCUT2D eigenvalue weighted by atomic mass is 9.83. The van der Waals surface area contributed by atoms with E-state index in [1.54, 1.807) is 19.1 Å². The van der Waals surface area contributed by atoms with Crippen molar-refractivity contribution in [3.63, 3.8) is 0 Å². The molecular weight excluding hydrogens is 279 g/mol. The molecule has 8 heteroatoms. The van der Waals surface area contributed by atoms with Gasteiger partial charge in [-0.3, -0.25) is 9.59 Å². The van der Waals surface area contributed by atoms with Crippen LogP contribution in [-0.2, 0) is 19.7 Å². The zero-order valence-electron chi connectivity index (χ0n) is 11.5. The van der Waals surface area contributed by atoms with Gasteiger partial charge in [0.15, 0.2) is 5.13 Å². The summed E-state index contributed by atoms with van der Waals surface area (Å²) in [6, 6.07) is 0. The Morgan fingerprint density at radius 2 is 2.45 bits per heavy atom. The zero-order chi connectivity index (χ0) is 14.8. The van der Waals surface area contributed by atoms with Crippen LogP contribution in [0.4, 0.5) is 5.13 Å². The fourth-order valence-corrected chi connectivity index (χ4v) is 3.26. The molecule has 1 aliphatic carbocycles. The maximum atomic E-state index is 12.3. The Bertz CT molecular complexity index is 519. The number of Topliss-reactive ketones (excluding diaryl/α,β-unsaturated/α-hetero) is 1. The van der Waals surface area contributed by atoms with E-state index < -0.39 is 12.5 Å². The molecule has 1 unspecified atom stereocenters. The first-order valence-corrected chi connectivity index (χ1v) is 7.45. The molecule has 1 fully saturated rings. The summed E-state index contributed by atoms with van der Waals surface area (Å²) in [5.41, 5.74) is -0.405. The van der Waals surface area contributed by atoms with E-state index in [0.717, 1.165) is 0 Å². The van der Waals surface area contributed by atoms with E-state index in [1.165, 1.54) is 11.3 Å². The Balaban J connectivity index is 2.30. The van der Waals surface area contributed by atoms with Gasteiger partial charge in [-0.25, -0.2) is 4.98 Å². The minimum Gasteiger partial charge on any atom is -0.465 e. The topological polar surface area (TPSA) is 88.5 Å². The molecule has 1 heterocycles. The summed E-state index contributed by atoms with van der Waals surface area (Å²) in [5, 5.41) is 14.3. The highest BCUT2D eigenvalue weighted by Crippen LogP contribution is 2.41. The number of nitrogens with one attached hydrogen (secondary N) is 1. The smallest absolute Gasteiger partial charge is 0.408 e. The Morgan fingerprint density at radius 1 is 1.70 bits per heavy atom. The van der Waals surface area contributed by atoms with E-state index in [0.29, 0.717) is 23.7 Å². The molecule has 1 aromatic heterocycles. The van der Waals surface area contributed by atoms with E-state index >= 15 is 0 Å². The van der Waals surface area contributed by atoms with E-state index in [9.17, 15) is 14.6 Å². The van der Waals surface area contributed by atoms with Crippen LogP contribution in [0.2, 0.25) is 6.82 Å². The second-order valence-electron chi connectivity index (χ2n) is 4.88. The number of ether oxygens (including phenoxy) is 1. The van der Waals surface area contributed by atoms with Crippen LogP contribution < -0.4 is 5.23 Å². The highest BCUT2D eigenvalue weighted by molar-refractivity contribution is 7.14. The van der Waals surface area contributed by atoms with Crippen molar-refractivity contribution in [2.45, 2.75) is 38.4 Å². The number of nitrogens with zero attached hydrogens (tertiary/aromatic N) is 1. The van der Waals surface area contributed by atoms with E-state index in [1.807, 2.05) is 0 Å². The van der Waals surface area contributed by atoms with Crippen molar-refractivity contribution in [3.05, 3.63) is 11.1 Å². The quantitative estimate of drug-likeness (QED) is 0.627. The average Bonchev–Trinajstić information content (AvgIpc) is 2.96. The van der Waals surface area contributed by atoms with Gasteiger partial charge in [0.1, 0.15) is 11.2 Å². The largest absolute Gasteiger partial charge is 0.465 e. The minimum atomic E-state index is -0.956. The summed E-state index contributed by atoms with van der Waals surface area (Å²) in [5.74, 6) is -0.337. The first-order chi connectivity index (χ1) is 9.48. The normalized spacial score (nSPS) is 21.9. The summed E-state index contributed by atoms with van der Waals surface area (Å²) in [4.78, 5) is 28.2. The molecule has 0 radical (unpaired) electrons. The minimum absolute atomic E-state index is 0.0519. The monoisotopic (exact) mass is 296 g/mol. The third-order valence-corrected chi connectivity index (χ3v) is 4.10. The van der Waals surface area contributed by atoms with Crippen LogP contribution >= 0.6 is 11.3 Å². The summed E-state index contributed by atoms with van der Waals surface area (Å²) in [6.07, 6.45) is 0.946. The van der Waals surface area contributed by atoms with Crippen LogP contribution in [0.1, 0.15) is 31.9 Å². The van der Waals surface area contributed by atoms with Crippen molar-refractivity contribution in [3.8, 4) is 0 Å². The van der Waals surface area contributed by atoms with Gasteiger partial charge in [0.2, 0.25) is 0 Å². The van der Waals surface area contributed by atoms with Gasteiger partial charge >= 0.3 is 13.0 Å². The molecule has 6 nitrogen and oxygen atoms in total. The van der Waals surface area contributed by atoms with E-state index in [2.05, 4.69) is 10.2 Å². The Labute approximate surface area is 121 Å². The van der Waals surface area contributed by atoms with Crippen LogP contribution in [0.3, 0.4) is 0 Å². The SMILES string of the molecule is CCOC(=O)C1(c2csc(NB(C)O)n2)CCC(=O)C1. The number of hydrogen-bond acceptors (Lipinski definition) is 7. The third kappa shape index (κ3) is 2.86. The second-order valence-corrected chi connectivity index (χ2v) is 5.73. The molecule has 0 bridgehead atoms. The fourth-order valence-electron chi connectivity index (χ4n) is 2.37. The number of esters is 1. The number of ketones is 1. The molecule has 20 heavy (non-hydrogen) atoms. The van der Waals surface area contributed by atoms with Crippen molar-refractivity contribution in [2.24, 2.45) is 0 Å². The number of carbonyl (C=O) groups excluding carboxylic acids is 2. The van der Waals surface area contributed by atoms with Gasteiger partial charge in [0.25, 0.3) is 0 Å². The molecule has 2 rings (SSSR count). The summed E-state index contributed by atoms with van der Waals surface area (Å²) < 4.78 is 5.13.